The van der Waals surface area contributed by atoms with Crippen molar-refractivity contribution < 1.29 is 12.9 Å². The SMILES string of the molecule is CCC(SC)c1nc(-c2ccsc2S(N)(=O)=O)no1. The van der Waals surface area contributed by atoms with Crippen LogP contribution in [-0.4, -0.2) is 24.8 Å². The topological polar surface area (TPSA) is 99.1 Å². The fourth-order valence-corrected chi connectivity index (χ4v) is 4.01. The second-order valence-corrected chi connectivity index (χ2v) is 7.47. The Balaban J connectivity index is 2.42. The Hall–Kier alpha value is -0.900. The molecule has 0 aliphatic heterocycles. The summed E-state index contributed by atoms with van der Waals surface area (Å²) in [6.45, 7) is 2.02. The first-order chi connectivity index (χ1) is 8.97. The molecule has 0 amide bonds. The number of hydrogen-bond acceptors (Lipinski definition) is 7. The molecule has 1 atom stereocenters. The smallest absolute Gasteiger partial charge is 0.248 e. The molecule has 2 N–H and O–H groups in total. The highest BCUT2D eigenvalue weighted by Gasteiger charge is 2.22. The first-order valence-electron chi connectivity index (χ1n) is 5.44. The number of rotatable bonds is 5. The molecule has 0 aromatic carbocycles. The van der Waals surface area contributed by atoms with Crippen molar-refractivity contribution in [2.45, 2.75) is 22.8 Å². The van der Waals surface area contributed by atoms with Crippen molar-refractivity contribution in [1.29, 1.82) is 0 Å². The zero-order chi connectivity index (χ0) is 14.0. The lowest BCUT2D eigenvalue weighted by Crippen LogP contribution is -2.11. The number of nitrogens with zero attached hydrogens (tertiary/aromatic N) is 2. The summed E-state index contributed by atoms with van der Waals surface area (Å²) in [6.07, 6.45) is 2.81. The summed E-state index contributed by atoms with van der Waals surface area (Å²) in [7, 11) is -3.77. The molecule has 0 radical (unpaired) electrons. The lowest BCUT2D eigenvalue weighted by Gasteiger charge is -2.03. The van der Waals surface area contributed by atoms with Crippen LogP contribution in [0.2, 0.25) is 0 Å². The van der Waals surface area contributed by atoms with Gasteiger partial charge >= 0.3 is 0 Å². The van der Waals surface area contributed by atoms with Gasteiger partial charge < -0.3 is 4.52 Å². The predicted octanol–water partition coefficient (Wildman–Crippen LogP) is 2.26. The molecule has 0 fully saturated rings. The van der Waals surface area contributed by atoms with E-state index in [-0.39, 0.29) is 15.3 Å². The number of aromatic nitrogens is 2. The minimum Gasteiger partial charge on any atom is -0.338 e. The molecule has 0 aliphatic carbocycles. The van der Waals surface area contributed by atoms with Crippen LogP contribution < -0.4 is 5.14 Å². The van der Waals surface area contributed by atoms with Crippen molar-refractivity contribution in [2.24, 2.45) is 5.14 Å². The second-order valence-electron chi connectivity index (χ2n) is 3.76. The monoisotopic (exact) mass is 319 g/mol. The molecule has 0 saturated carbocycles. The largest absolute Gasteiger partial charge is 0.338 e. The van der Waals surface area contributed by atoms with Gasteiger partial charge in [-0.2, -0.15) is 16.7 Å². The van der Waals surface area contributed by atoms with Crippen LogP contribution in [0.3, 0.4) is 0 Å². The van der Waals surface area contributed by atoms with Crippen LogP contribution in [0.15, 0.2) is 20.2 Å². The molecule has 9 heteroatoms. The number of primary sulfonamides is 1. The number of hydrogen-bond donors (Lipinski definition) is 1. The van der Waals surface area contributed by atoms with Gasteiger partial charge in [-0.1, -0.05) is 12.1 Å². The minimum absolute atomic E-state index is 0.0528. The molecule has 6 nitrogen and oxygen atoms in total. The van der Waals surface area contributed by atoms with Gasteiger partial charge in [0.05, 0.1) is 10.8 Å². The molecule has 1 unspecified atom stereocenters. The van der Waals surface area contributed by atoms with E-state index in [1.807, 2.05) is 13.2 Å². The molecule has 2 rings (SSSR count). The quantitative estimate of drug-likeness (QED) is 0.907. The van der Waals surface area contributed by atoms with Gasteiger partial charge in [0, 0.05) is 0 Å². The first kappa shape index (κ1) is 14.5. The van der Waals surface area contributed by atoms with Crippen LogP contribution in [-0.2, 0) is 10.0 Å². The summed E-state index contributed by atoms with van der Waals surface area (Å²) in [4.78, 5) is 4.26. The van der Waals surface area contributed by atoms with Crippen molar-refractivity contribution in [3.05, 3.63) is 17.3 Å². The molecule has 104 valence electrons. The minimum atomic E-state index is -3.77. The molecular weight excluding hydrogens is 306 g/mol. The number of thiophene rings is 1. The van der Waals surface area contributed by atoms with Gasteiger partial charge in [0.25, 0.3) is 0 Å². The maximum absolute atomic E-state index is 11.4. The van der Waals surface area contributed by atoms with Crippen molar-refractivity contribution in [3.8, 4) is 11.4 Å². The number of sulfonamides is 1. The fraction of sp³-hybridized carbons (Fsp3) is 0.400. The summed E-state index contributed by atoms with van der Waals surface area (Å²) in [6, 6.07) is 1.62. The van der Waals surface area contributed by atoms with E-state index in [0.717, 1.165) is 17.8 Å². The van der Waals surface area contributed by atoms with Gasteiger partial charge in [0.1, 0.15) is 4.21 Å². The van der Waals surface area contributed by atoms with E-state index in [4.69, 9.17) is 9.66 Å². The highest BCUT2D eigenvalue weighted by Crippen LogP contribution is 2.33. The third-order valence-electron chi connectivity index (χ3n) is 2.50. The normalized spacial score (nSPS) is 13.6. The third-order valence-corrected chi connectivity index (χ3v) is 6.03. The lowest BCUT2D eigenvalue weighted by atomic mass is 10.3. The molecule has 0 spiro atoms. The van der Waals surface area contributed by atoms with E-state index in [0.29, 0.717) is 11.5 Å². The zero-order valence-corrected chi connectivity index (χ0v) is 12.8. The van der Waals surface area contributed by atoms with Crippen LogP contribution in [0.25, 0.3) is 11.4 Å². The van der Waals surface area contributed by atoms with E-state index >= 15 is 0 Å². The fourth-order valence-electron chi connectivity index (χ4n) is 1.60. The summed E-state index contributed by atoms with van der Waals surface area (Å²) < 4.78 is 28.1. The van der Waals surface area contributed by atoms with Gasteiger partial charge in [-0.3, -0.25) is 0 Å². The average molecular weight is 319 g/mol. The van der Waals surface area contributed by atoms with Crippen molar-refractivity contribution in [2.75, 3.05) is 6.26 Å². The van der Waals surface area contributed by atoms with Crippen molar-refractivity contribution in [3.63, 3.8) is 0 Å². The van der Waals surface area contributed by atoms with Crippen LogP contribution in [0.5, 0.6) is 0 Å². The number of nitrogens with two attached hydrogens (primary N) is 1. The molecule has 2 aromatic rings. The summed E-state index contributed by atoms with van der Waals surface area (Å²) in [5, 5.41) is 10.7. The van der Waals surface area contributed by atoms with Gasteiger partial charge in [-0.25, -0.2) is 13.6 Å². The molecular formula is C10H13N3O3S3. The third kappa shape index (κ3) is 2.99. The average Bonchev–Trinajstić information content (AvgIpc) is 2.97. The Morgan fingerprint density at radius 2 is 2.32 bits per heavy atom. The van der Waals surface area contributed by atoms with Crippen LogP contribution in [0.1, 0.15) is 24.5 Å². The highest BCUT2D eigenvalue weighted by atomic mass is 32.2. The van der Waals surface area contributed by atoms with E-state index in [1.165, 1.54) is 0 Å². The van der Waals surface area contributed by atoms with E-state index in [2.05, 4.69) is 10.1 Å². The highest BCUT2D eigenvalue weighted by molar-refractivity contribution is 7.98. The van der Waals surface area contributed by atoms with Gasteiger partial charge in [-0.05, 0) is 24.1 Å². The van der Waals surface area contributed by atoms with Gasteiger partial charge in [0.15, 0.2) is 0 Å². The summed E-state index contributed by atoms with van der Waals surface area (Å²) in [5.74, 6) is 0.754. The Bertz CT molecular complexity index is 658. The Morgan fingerprint density at radius 1 is 1.58 bits per heavy atom. The summed E-state index contributed by atoms with van der Waals surface area (Å²) >= 11 is 2.65. The standard InChI is InChI=1S/C10H13N3O3S3/c1-3-7(17-2)9-12-8(13-16-9)6-4-5-18-10(6)19(11,14)15/h4-5,7H,3H2,1-2H3,(H2,11,14,15). The van der Waals surface area contributed by atoms with Crippen LogP contribution >= 0.6 is 23.1 Å². The molecule has 2 aromatic heterocycles. The van der Waals surface area contributed by atoms with E-state index in [1.54, 1.807) is 23.2 Å². The maximum atomic E-state index is 11.4. The van der Waals surface area contributed by atoms with E-state index in [9.17, 15) is 8.42 Å². The van der Waals surface area contributed by atoms with Gasteiger partial charge in [0.2, 0.25) is 21.7 Å². The molecule has 0 bridgehead atoms. The van der Waals surface area contributed by atoms with E-state index < -0.39 is 10.0 Å². The van der Waals surface area contributed by atoms with Gasteiger partial charge in [-0.15, -0.1) is 11.3 Å². The molecule has 2 heterocycles. The van der Waals surface area contributed by atoms with Crippen molar-refractivity contribution >= 4 is 33.1 Å². The molecule has 0 saturated heterocycles. The Morgan fingerprint density at radius 3 is 2.89 bits per heavy atom. The first-order valence-corrected chi connectivity index (χ1v) is 9.15. The summed E-state index contributed by atoms with van der Waals surface area (Å²) in [5.41, 5.74) is 0.387. The number of thioether (sulfide) groups is 1. The van der Waals surface area contributed by atoms with Crippen LogP contribution in [0.4, 0.5) is 0 Å². The lowest BCUT2D eigenvalue weighted by molar-refractivity contribution is 0.375. The second kappa shape index (κ2) is 5.61. The molecule has 19 heavy (non-hydrogen) atoms. The maximum Gasteiger partial charge on any atom is 0.248 e. The molecule has 0 aliphatic rings. The Kier molecular flexibility index (Phi) is 4.29. The zero-order valence-electron chi connectivity index (χ0n) is 10.4. The van der Waals surface area contributed by atoms with Crippen molar-refractivity contribution in [1.82, 2.24) is 10.1 Å². The van der Waals surface area contributed by atoms with Crippen LogP contribution in [0, 0.1) is 0 Å². The predicted molar refractivity (Wildman–Crippen MR) is 75.5 cm³/mol. The Labute approximate surface area is 119 Å².